The summed E-state index contributed by atoms with van der Waals surface area (Å²) in [5, 5.41) is 8.05. The average molecular weight is 504 g/mol. The van der Waals surface area contributed by atoms with E-state index in [9.17, 15) is 28.8 Å². The number of hydrogen-bond donors (Lipinski definition) is 3. The van der Waals surface area contributed by atoms with Crippen LogP contribution in [0.25, 0.3) is 0 Å². The van der Waals surface area contributed by atoms with Crippen molar-refractivity contribution in [3.63, 3.8) is 0 Å². The number of anilines is 1. The highest BCUT2D eigenvalue weighted by Gasteiger charge is 2.10. The summed E-state index contributed by atoms with van der Waals surface area (Å²) in [6.45, 7) is 2.89. The molecule has 36 heavy (non-hydrogen) atoms. The second-order valence-corrected chi connectivity index (χ2v) is 8.45. The Morgan fingerprint density at radius 2 is 1.53 bits per heavy atom. The second-order valence-electron chi connectivity index (χ2n) is 8.45. The van der Waals surface area contributed by atoms with E-state index in [1.165, 1.54) is 6.92 Å². The van der Waals surface area contributed by atoms with Crippen LogP contribution < -0.4 is 16.0 Å². The topological polar surface area (TPSA) is 148 Å². The molecule has 10 nitrogen and oxygen atoms in total. The van der Waals surface area contributed by atoms with Crippen LogP contribution >= 0.6 is 0 Å². The van der Waals surface area contributed by atoms with Crippen molar-refractivity contribution in [1.29, 1.82) is 0 Å². The van der Waals surface area contributed by atoms with E-state index in [4.69, 9.17) is 4.74 Å². The third-order valence-electron chi connectivity index (χ3n) is 4.99. The van der Waals surface area contributed by atoms with Gasteiger partial charge in [-0.2, -0.15) is 0 Å². The summed E-state index contributed by atoms with van der Waals surface area (Å²) in [5.41, 5.74) is 1.24. The summed E-state index contributed by atoms with van der Waals surface area (Å²) in [5.74, 6) is -1.28. The molecule has 1 rings (SSSR count). The van der Waals surface area contributed by atoms with Gasteiger partial charge in [0.1, 0.15) is 24.3 Å². The Labute approximate surface area is 211 Å². The second kappa shape index (κ2) is 18.9. The van der Waals surface area contributed by atoms with Crippen molar-refractivity contribution in [2.24, 2.45) is 0 Å². The molecule has 0 radical (unpaired) electrons. The van der Waals surface area contributed by atoms with Crippen LogP contribution in [0.1, 0.15) is 63.9 Å². The molecule has 1 aromatic carbocycles. The first-order valence-electron chi connectivity index (χ1n) is 12.2. The third-order valence-corrected chi connectivity index (χ3v) is 4.99. The fourth-order valence-electron chi connectivity index (χ4n) is 3.23. The maximum absolute atomic E-state index is 12.0. The van der Waals surface area contributed by atoms with Gasteiger partial charge in [-0.15, -0.1) is 0 Å². The number of rotatable bonds is 20. The van der Waals surface area contributed by atoms with Gasteiger partial charge in [-0.3, -0.25) is 24.0 Å². The number of hydrogen-bond acceptors (Lipinski definition) is 7. The van der Waals surface area contributed by atoms with E-state index in [2.05, 4.69) is 16.0 Å². The number of carbonyl (C=O) groups is 6. The number of benzene rings is 1. The smallest absolute Gasteiger partial charge is 0.233 e. The molecule has 0 aliphatic rings. The van der Waals surface area contributed by atoms with Gasteiger partial charge < -0.3 is 25.5 Å². The van der Waals surface area contributed by atoms with E-state index in [-0.39, 0.29) is 49.9 Å². The van der Waals surface area contributed by atoms with Crippen LogP contribution in [-0.4, -0.2) is 61.9 Å². The predicted molar refractivity (Wildman–Crippen MR) is 134 cm³/mol. The summed E-state index contributed by atoms with van der Waals surface area (Å²) in [6, 6.07) is 6.65. The first kappa shape index (κ1) is 30.6. The number of Topliss-reactive ketones (excluding diaryl/α,β-unsaturated/α-hetero) is 2. The minimum atomic E-state index is -0.469. The van der Waals surface area contributed by atoms with Gasteiger partial charge in [0, 0.05) is 44.6 Å². The first-order chi connectivity index (χ1) is 17.3. The number of nitrogens with one attached hydrogen (secondary N) is 3. The third kappa shape index (κ3) is 16.3. The molecule has 1 aromatic rings. The number of amides is 3. The summed E-state index contributed by atoms with van der Waals surface area (Å²) < 4.78 is 5.39. The maximum Gasteiger partial charge on any atom is 0.233 e. The molecule has 198 valence electrons. The molecule has 0 spiro atoms. The van der Waals surface area contributed by atoms with Crippen LogP contribution in [0.4, 0.5) is 5.69 Å². The Morgan fingerprint density at radius 3 is 2.22 bits per heavy atom. The van der Waals surface area contributed by atoms with Crippen LogP contribution in [-0.2, 0) is 39.9 Å². The molecule has 3 amide bonds. The van der Waals surface area contributed by atoms with Crippen molar-refractivity contribution in [2.45, 2.75) is 64.7 Å². The number of unbranched alkanes of at least 4 members (excludes halogenated alkanes) is 3. The van der Waals surface area contributed by atoms with Crippen LogP contribution in [0, 0.1) is 0 Å². The van der Waals surface area contributed by atoms with E-state index in [0.717, 1.165) is 31.1 Å². The SMILES string of the molecule is CC(=O)CC(=O)Cc1ccc(NC(=O)CC(=O)NCCOCCCC(=O)NCCCCCC=O)cc1. The zero-order valence-corrected chi connectivity index (χ0v) is 20.9. The summed E-state index contributed by atoms with van der Waals surface area (Å²) in [7, 11) is 0. The van der Waals surface area contributed by atoms with Gasteiger partial charge in [-0.1, -0.05) is 18.6 Å². The molecule has 0 atom stereocenters. The van der Waals surface area contributed by atoms with Crippen LogP contribution in [0.5, 0.6) is 0 Å². The van der Waals surface area contributed by atoms with Gasteiger partial charge in [-0.25, -0.2) is 0 Å². The Bertz CT molecular complexity index is 869. The van der Waals surface area contributed by atoms with E-state index in [1.54, 1.807) is 24.3 Å². The molecule has 0 aliphatic carbocycles. The zero-order valence-electron chi connectivity index (χ0n) is 20.9. The predicted octanol–water partition coefficient (Wildman–Crippen LogP) is 1.89. The Balaban J connectivity index is 2.08. The molecule has 0 aromatic heterocycles. The van der Waals surface area contributed by atoms with Gasteiger partial charge in [0.15, 0.2) is 0 Å². The van der Waals surface area contributed by atoms with Crippen molar-refractivity contribution >= 4 is 41.3 Å². The summed E-state index contributed by atoms with van der Waals surface area (Å²) in [4.78, 5) is 68.5. The monoisotopic (exact) mass is 503 g/mol. The fourth-order valence-corrected chi connectivity index (χ4v) is 3.23. The molecule has 3 N–H and O–H groups in total. The Morgan fingerprint density at radius 1 is 0.806 bits per heavy atom. The highest BCUT2D eigenvalue weighted by atomic mass is 16.5. The molecular formula is C26H37N3O7. The van der Waals surface area contributed by atoms with Crippen molar-refractivity contribution in [1.82, 2.24) is 10.6 Å². The van der Waals surface area contributed by atoms with Crippen molar-refractivity contribution in [2.75, 3.05) is 31.6 Å². The molecule has 0 aliphatic heterocycles. The summed E-state index contributed by atoms with van der Waals surface area (Å²) in [6.07, 6.45) is 4.71. The van der Waals surface area contributed by atoms with Crippen molar-refractivity contribution in [3.8, 4) is 0 Å². The first-order valence-corrected chi connectivity index (χ1v) is 12.2. The molecule has 0 unspecified atom stereocenters. The summed E-state index contributed by atoms with van der Waals surface area (Å²) >= 11 is 0. The lowest BCUT2D eigenvalue weighted by Gasteiger charge is -2.08. The number of ketones is 2. The fraction of sp³-hybridized carbons (Fsp3) is 0.538. The molecule has 0 fully saturated rings. The highest BCUT2D eigenvalue weighted by molar-refractivity contribution is 6.03. The van der Waals surface area contributed by atoms with Gasteiger partial charge in [0.05, 0.1) is 13.0 Å². The normalized spacial score (nSPS) is 10.4. The Kier molecular flexibility index (Phi) is 16.1. The zero-order chi connectivity index (χ0) is 26.6. The molecule has 0 bridgehead atoms. The van der Waals surface area contributed by atoms with Gasteiger partial charge in [0.2, 0.25) is 17.7 Å². The van der Waals surface area contributed by atoms with Crippen LogP contribution in [0.3, 0.4) is 0 Å². The number of carbonyl (C=O) groups excluding carboxylic acids is 6. The molecule has 0 saturated heterocycles. The largest absolute Gasteiger partial charge is 0.380 e. The Hall–Kier alpha value is -3.40. The lowest BCUT2D eigenvalue weighted by atomic mass is 10.1. The van der Waals surface area contributed by atoms with E-state index in [1.807, 2.05) is 0 Å². The lowest BCUT2D eigenvalue weighted by Crippen LogP contribution is -2.30. The van der Waals surface area contributed by atoms with Gasteiger partial charge >= 0.3 is 0 Å². The standard InChI is InChI=1S/C26H37N3O7/c1-20(31)17-23(32)18-21-8-10-22(11-9-21)29-26(35)19-25(34)28-13-16-36-15-6-7-24(33)27-12-4-2-3-5-14-30/h8-11,14H,2-7,12-13,15-19H2,1H3,(H,27,33)(H,28,34)(H,29,35). The molecule has 0 saturated carbocycles. The van der Waals surface area contributed by atoms with Gasteiger partial charge in [0.25, 0.3) is 0 Å². The van der Waals surface area contributed by atoms with Crippen LogP contribution in [0.2, 0.25) is 0 Å². The maximum atomic E-state index is 12.0. The molecular weight excluding hydrogens is 466 g/mol. The van der Waals surface area contributed by atoms with Gasteiger partial charge in [-0.05, 0) is 43.9 Å². The molecule has 10 heteroatoms. The van der Waals surface area contributed by atoms with Crippen molar-refractivity contribution < 1.29 is 33.5 Å². The van der Waals surface area contributed by atoms with E-state index >= 15 is 0 Å². The number of aldehydes is 1. The quantitative estimate of drug-likeness (QED) is 0.140. The van der Waals surface area contributed by atoms with E-state index in [0.29, 0.717) is 38.1 Å². The number of ether oxygens (including phenoxy) is 1. The minimum absolute atomic E-state index is 0.0376. The van der Waals surface area contributed by atoms with Crippen molar-refractivity contribution in [3.05, 3.63) is 29.8 Å². The lowest BCUT2D eigenvalue weighted by molar-refractivity contribution is -0.128. The van der Waals surface area contributed by atoms with Crippen LogP contribution in [0.15, 0.2) is 24.3 Å². The minimum Gasteiger partial charge on any atom is -0.380 e. The van der Waals surface area contributed by atoms with E-state index < -0.39 is 11.8 Å². The molecule has 0 heterocycles. The highest BCUT2D eigenvalue weighted by Crippen LogP contribution is 2.11. The average Bonchev–Trinajstić information content (AvgIpc) is 2.81.